The molecule has 0 saturated carbocycles. The Kier molecular flexibility index (Phi) is 2.92. The van der Waals surface area contributed by atoms with Crippen molar-refractivity contribution >= 4 is 17.3 Å². The van der Waals surface area contributed by atoms with Gasteiger partial charge in [0.2, 0.25) is 0 Å². The Hall–Kier alpha value is -1.48. The van der Waals surface area contributed by atoms with Gasteiger partial charge in [-0.2, -0.15) is 0 Å². The van der Waals surface area contributed by atoms with Crippen LogP contribution in [0.1, 0.15) is 11.1 Å². The van der Waals surface area contributed by atoms with E-state index in [1.165, 1.54) is 0 Å². The largest absolute Gasteiger partial charge is 0.381 e. The normalized spacial score (nSPS) is 10.3. The summed E-state index contributed by atoms with van der Waals surface area (Å²) >= 11 is 6.00. The topological polar surface area (TPSA) is 38.1 Å². The first-order valence-corrected chi connectivity index (χ1v) is 5.02. The minimum atomic E-state index is 0.685. The lowest BCUT2D eigenvalue weighted by atomic mass is 10.2. The smallest absolute Gasteiger partial charge is 0.128 e. The second-order valence-corrected chi connectivity index (χ2v) is 3.71. The van der Waals surface area contributed by atoms with Crippen molar-refractivity contribution in [2.24, 2.45) is 0 Å². The zero-order chi connectivity index (χ0) is 10.7. The summed E-state index contributed by atoms with van der Waals surface area (Å²) in [6.45, 7) is 2.67. The first kappa shape index (κ1) is 10.1. The quantitative estimate of drug-likeness (QED) is 0.867. The molecule has 2 aromatic rings. The number of nitrogens with zero attached hydrogens (tertiary/aromatic N) is 1. The van der Waals surface area contributed by atoms with Crippen molar-refractivity contribution in [3.05, 3.63) is 46.8 Å². The Morgan fingerprint density at radius 3 is 3.07 bits per heavy atom. The van der Waals surface area contributed by atoms with Crippen LogP contribution in [0.15, 0.2) is 35.2 Å². The standard InChI is InChI=1S/C11H11ClN2O/c1-8-10(12)3-2-4-11(8)13-5-9-6-14-15-7-9/h2-4,6-7,13H,5H2,1H3. The summed E-state index contributed by atoms with van der Waals surface area (Å²) in [6.07, 6.45) is 3.31. The summed E-state index contributed by atoms with van der Waals surface area (Å²) in [7, 11) is 0. The zero-order valence-electron chi connectivity index (χ0n) is 8.33. The summed E-state index contributed by atoms with van der Waals surface area (Å²) in [4.78, 5) is 0. The van der Waals surface area contributed by atoms with E-state index in [-0.39, 0.29) is 0 Å². The van der Waals surface area contributed by atoms with Crippen molar-refractivity contribution in [2.45, 2.75) is 13.5 Å². The first-order valence-electron chi connectivity index (χ1n) is 4.64. The van der Waals surface area contributed by atoms with E-state index >= 15 is 0 Å². The average molecular weight is 223 g/mol. The third-order valence-corrected chi connectivity index (χ3v) is 2.64. The molecule has 15 heavy (non-hydrogen) atoms. The molecule has 1 aromatic heterocycles. The Balaban J connectivity index is 2.08. The molecule has 1 heterocycles. The van der Waals surface area contributed by atoms with Crippen LogP contribution in [-0.2, 0) is 6.54 Å². The fourth-order valence-corrected chi connectivity index (χ4v) is 1.48. The van der Waals surface area contributed by atoms with Crippen LogP contribution >= 0.6 is 11.6 Å². The lowest BCUT2D eigenvalue weighted by molar-refractivity contribution is 0.419. The third-order valence-electron chi connectivity index (χ3n) is 2.23. The maximum atomic E-state index is 6.00. The van der Waals surface area contributed by atoms with Gasteiger partial charge in [-0.05, 0) is 24.6 Å². The van der Waals surface area contributed by atoms with Gasteiger partial charge in [0.05, 0.1) is 6.20 Å². The van der Waals surface area contributed by atoms with Gasteiger partial charge in [-0.1, -0.05) is 22.8 Å². The molecule has 0 aliphatic rings. The molecule has 2 rings (SSSR count). The molecular formula is C11H11ClN2O. The van der Waals surface area contributed by atoms with Crippen molar-refractivity contribution in [3.63, 3.8) is 0 Å². The molecule has 3 nitrogen and oxygen atoms in total. The predicted molar refractivity (Wildman–Crippen MR) is 60.0 cm³/mol. The first-order chi connectivity index (χ1) is 7.27. The fraction of sp³-hybridized carbons (Fsp3) is 0.182. The summed E-state index contributed by atoms with van der Waals surface area (Å²) < 4.78 is 4.74. The van der Waals surface area contributed by atoms with Gasteiger partial charge in [0.15, 0.2) is 0 Å². The minimum absolute atomic E-state index is 0.685. The van der Waals surface area contributed by atoms with Gasteiger partial charge in [0.1, 0.15) is 6.26 Å². The van der Waals surface area contributed by atoms with E-state index in [0.29, 0.717) is 6.54 Å². The molecular weight excluding hydrogens is 212 g/mol. The van der Waals surface area contributed by atoms with Crippen molar-refractivity contribution in [2.75, 3.05) is 5.32 Å². The van der Waals surface area contributed by atoms with Gasteiger partial charge in [-0.15, -0.1) is 0 Å². The molecule has 0 unspecified atom stereocenters. The molecule has 0 atom stereocenters. The average Bonchev–Trinajstić information content (AvgIpc) is 2.73. The highest BCUT2D eigenvalue weighted by molar-refractivity contribution is 6.31. The zero-order valence-corrected chi connectivity index (χ0v) is 9.08. The number of anilines is 1. The third kappa shape index (κ3) is 2.30. The number of nitrogens with one attached hydrogen (secondary N) is 1. The van der Waals surface area contributed by atoms with Crippen molar-refractivity contribution in [1.29, 1.82) is 0 Å². The van der Waals surface area contributed by atoms with Gasteiger partial charge < -0.3 is 9.84 Å². The number of halogens is 1. The lowest BCUT2D eigenvalue weighted by Gasteiger charge is -2.08. The molecule has 0 bridgehead atoms. The molecule has 0 aliphatic carbocycles. The number of aromatic nitrogens is 1. The number of rotatable bonds is 3. The van der Waals surface area contributed by atoms with E-state index in [1.54, 1.807) is 12.5 Å². The van der Waals surface area contributed by atoms with Crippen molar-refractivity contribution < 1.29 is 4.52 Å². The highest BCUT2D eigenvalue weighted by atomic mass is 35.5. The van der Waals surface area contributed by atoms with Gasteiger partial charge in [-0.3, -0.25) is 0 Å². The van der Waals surface area contributed by atoms with Crippen LogP contribution in [0.3, 0.4) is 0 Å². The highest BCUT2D eigenvalue weighted by Crippen LogP contribution is 2.23. The van der Waals surface area contributed by atoms with E-state index in [9.17, 15) is 0 Å². The van der Waals surface area contributed by atoms with Crippen LogP contribution < -0.4 is 5.32 Å². The lowest BCUT2D eigenvalue weighted by Crippen LogP contribution is -1.99. The second kappa shape index (κ2) is 4.36. The fourth-order valence-electron chi connectivity index (χ4n) is 1.31. The van der Waals surface area contributed by atoms with E-state index < -0.39 is 0 Å². The molecule has 0 amide bonds. The van der Waals surface area contributed by atoms with Crippen molar-refractivity contribution in [1.82, 2.24) is 5.16 Å². The predicted octanol–water partition coefficient (Wildman–Crippen LogP) is 3.25. The van der Waals surface area contributed by atoms with Gasteiger partial charge in [0.25, 0.3) is 0 Å². The van der Waals surface area contributed by atoms with Crippen LogP contribution in [0.5, 0.6) is 0 Å². The second-order valence-electron chi connectivity index (χ2n) is 3.30. The molecule has 0 aliphatic heterocycles. The SMILES string of the molecule is Cc1c(Cl)cccc1NCc1cnoc1. The highest BCUT2D eigenvalue weighted by Gasteiger charge is 2.02. The van der Waals surface area contributed by atoms with Crippen molar-refractivity contribution in [3.8, 4) is 0 Å². The monoisotopic (exact) mass is 222 g/mol. The van der Waals surface area contributed by atoms with Gasteiger partial charge >= 0.3 is 0 Å². The Morgan fingerprint density at radius 1 is 1.47 bits per heavy atom. The van der Waals surface area contributed by atoms with Crippen LogP contribution in [-0.4, -0.2) is 5.16 Å². The number of hydrogen-bond acceptors (Lipinski definition) is 3. The van der Waals surface area contributed by atoms with E-state index in [0.717, 1.165) is 21.8 Å². The summed E-state index contributed by atoms with van der Waals surface area (Å²) in [5, 5.41) is 7.67. The van der Waals surface area contributed by atoms with Crippen LogP contribution in [0.25, 0.3) is 0 Å². The van der Waals surface area contributed by atoms with Crippen LogP contribution in [0.4, 0.5) is 5.69 Å². The van der Waals surface area contributed by atoms with E-state index in [2.05, 4.69) is 10.5 Å². The van der Waals surface area contributed by atoms with Crippen LogP contribution in [0.2, 0.25) is 5.02 Å². The molecule has 78 valence electrons. The molecule has 0 saturated heterocycles. The summed E-state index contributed by atoms with van der Waals surface area (Å²) in [5.74, 6) is 0. The van der Waals surface area contributed by atoms with Crippen LogP contribution in [0, 0.1) is 6.92 Å². The Morgan fingerprint density at radius 2 is 2.33 bits per heavy atom. The number of benzene rings is 1. The molecule has 1 N–H and O–H groups in total. The summed E-state index contributed by atoms with van der Waals surface area (Å²) in [5.41, 5.74) is 3.09. The van der Waals surface area contributed by atoms with E-state index in [4.69, 9.17) is 16.1 Å². The molecule has 0 radical (unpaired) electrons. The number of hydrogen-bond donors (Lipinski definition) is 1. The maximum Gasteiger partial charge on any atom is 0.128 e. The Labute approximate surface area is 93.0 Å². The van der Waals surface area contributed by atoms with Gasteiger partial charge in [0, 0.05) is 22.8 Å². The molecule has 0 spiro atoms. The molecule has 0 fully saturated rings. The molecule has 1 aromatic carbocycles. The summed E-state index contributed by atoms with van der Waals surface area (Å²) in [6, 6.07) is 5.79. The Bertz CT molecular complexity index is 440. The minimum Gasteiger partial charge on any atom is -0.381 e. The maximum absolute atomic E-state index is 6.00. The molecule has 4 heteroatoms. The van der Waals surface area contributed by atoms with Gasteiger partial charge in [-0.25, -0.2) is 0 Å². The van der Waals surface area contributed by atoms with E-state index in [1.807, 2.05) is 25.1 Å².